The third-order valence-corrected chi connectivity index (χ3v) is 3.05. The fraction of sp³-hybridized carbons (Fsp3) is 0.500. The van der Waals surface area contributed by atoms with E-state index in [4.69, 9.17) is 0 Å². The first-order valence-electron chi connectivity index (χ1n) is 5.25. The summed E-state index contributed by atoms with van der Waals surface area (Å²) in [7, 11) is 0. The van der Waals surface area contributed by atoms with Crippen molar-refractivity contribution in [2.75, 3.05) is 19.7 Å². The Hall–Kier alpha value is -0.860. The summed E-state index contributed by atoms with van der Waals surface area (Å²) in [5.74, 6) is 1.04. The van der Waals surface area contributed by atoms with Crippen molar-refractivity contribution in [3.63, 3.8) is 0 Å². The third-order valence-electron chi connectivity index (χ3n) is 3.05. The van der Waals surface area contributed by atoms with Crippen LogP contribution in [0.25, 0.3) is 0 Å². The molecule has 0 aliphatic carbocycles. The van der Waals surface area contributed by atoms with Gasteiger partial charge in [-0.25, -0.2) is 0 Å². The maximum absolute atomic E-state index is 9.17. The second-order valence-corrected chi connectivity index (χ2v) is 4.05. The normalized spacial score (nSPS) is 26.6. The van der Waals surface area contributed by atoms with Crippen LogP contribution in [0.15, 0.2) is 30.3 Å². The van der Waals surface area contributed by atoms with E-state index in [-0.39, 0.29) is 0 Å². The van der Waals surface area contributed by atoms with Gasteiger partial charge in [0.2, 0.25) is 0 Å². The quantitative estimate of drug-likeness (QED) is 0.748. The number of hydrogen-bond acceptors (Lipinski definition) is 2. The molecule has 0 amide bonds. The van der Waals surface area contributed by atoms with Gasteiger partial charge in [-0.05, 0) is 30.4 Å². The zero-order chi connectivity index (χ0) is 9.80. The summed E-state index contributed by atoms with van der Waals surface area (Å²) < 4.78 is 0. The second kappa shape index (κ2) is 4.58. The molecule has 1 heterocycles. The Morgan fingerprint density at radius 1 is 1.14 bits per heavy atom. The molecule has 0 unspecified atom stereocenters. The molecule has 0 bridgehead atoms. The highest BCUT2D eigenvalue weighted by Gasteiger charge is 2.25. The van der Waals surface area contributed by atoms with E-state index >= 15 is 0 Å². The molecule has 14 heavy (non-hydrogen) atoms. The van der Waals surface area contributed by atoms with Crippen LogP contribution in [0.1, 0.15) is 5.56 Å². The van der Waals surface area contributed by atoms with Crippen molar-refractivity contribution in [2.24, 2.45) is 11.8 Å². The Kier molecular flexibility index (Phi) is 3.17. The van der Waals surface area contributed by atoms with Gasteiger partial charge in [-0.3, -0.25) is 0 Å². The average molecular weight is 191 g/mol. The van der Waals surface area contributed by atoms with Gasteiger partial charge in [-0.15, -0.1) is 0 Å². The lowest BCUT2D eigenvalue weighted by Gasteiger charge is -2.15. The van der Waals surface area contributed by atoms with Gasteiger partial charge in [0.05, 0.1) is 0 Å². The van der Waals surface area contributed by atoms with E-state index < -0.39 is 0 Å². The minimum atomic E-state index is 0.310. The summed E-state index contributed by atoms with van der Waals surface area (Å²) in [6.07, 6.45) is 1.08. The fourth-order valence-corrected chi connectivity index (χ4v) is 2.16. The Labute approximate surface area is 85.0 Å². The average Bonchev–Trinajstić information content (AvgIpc) is 2.67. The lowest BCUT2D eigenvalue weighted by molar-refractivity contribution is 0.205. The first-order chi connectivity index (χ1) is 6.90. The molecule has 1 saturated heterocycles. The highest BCUT2D eigenvalue weighted by atomic mass is 16.3. The van der Waals surface area contributed by atoms with Crippen LogP contribution in [0.4, 0.5) is 0 Å². The van der Waals surface area contributed by atoms with E-state index in [1.165, 1.54) is 5.56 Å². The first kappa shape index (κ1) is 9.69. The molecule has 1 aliphatic rings. The summed E-state index contributed by atoms with van der Waals surface area (Å²) in [6, 6.07) is 10.5. The number of aliphatic hydroxyl groups is 1. The maximum atomic E-state index is 9.17. The van der Waals surface area contributed by atoms with Gasteiger partial charge in [-0.1, -0.05) is 30.3 Å². The standard InChI is InChI=1S/C12H17NO/c14-9-12-8-13-7-11(12)6-10-4-2-1-3-5-10/h1-5,11-14H,6-9H2/t11-,12+/m1/s1. The molecule has 2 N–H and O–H groups in total. The predicted molar refractivity (Wildman–Crippen MR) is 57.1 cm³/mol. The molecule has 0 aromatic heterocycles. The molecular weight excluding hydrogens is 174 g/mol. The predicted octanol–water partition coefficient (Wildman–Crippen LogP) is 1.06. The van der Waals surface area contributed by atoms with E-state index in [9.17, 15) is 5.11 Å². The van der Waals surface area contributed by atoms with E-state index in [2.05, 4.69) is 29.6 Å². The van der Waals surface area contributed by atoms with Gasteiger partial charge >= 0.3 is 0 Å². The smallest absolute Gasteiger partial charge is 0.0474 e. The number of benzene rings is 1. The van der Waals surface area contributed by atoms with E-state index in [1.807, 2.05) is 6.07 Å². The minimum Gasteiger partial charge on any atom is -0.396 e. The van der Waals surface area contributed by atoms with Crippen molar-refractivity contribution in [2.45, 2.75) is 6.42 Å². The summed E-state index contributed by atoms with van der Waals surface area (Å²) in [4.78, 5) is 0. The zero-order valence-corrected chi connectivity index (χ0v) is 8.32. The van der Waals surface area contributed by atoms with E-state index in [1.54, 1.807) is 0 Å². The monoisotopic (exact) mass is 191 g/mol. The largest absolute Gasteiger partial charge is 0.396 e. The molecule has 1 aliphatic heterocycles. The first-order valence-corrected chi connectivity index (χ1v) is 5.25. The molecule has 1 aromatic carbocycles. The van der Waals surface area contributed by atoms with Crippen molar-refractivity contribution in [1.29, 1.82) is 0 Å². The molecule has 2 heteroatoms. The van der Waals surface area contributed by atoms with Gasteiger partial charge in [0.15, 0.2) is 0 Å². The summed E-state index contributed by atoms with van der Waals surface area (Å²) >= 11 is 0. The van der Waals surface area contributed by atoms with Gasteiger partial charge in [0.1, 0.15) is 0 Å². The molecule has 2 atom stereocenters. The maximum Gasteiger partial charge on any atom is 0.0474 e. The summed E-state index contributed by atoms with van der Waals surface area (Å²) in [5.41, 5.74) is 1.37. The van der Waals surface area contributed by atoms with Gasteiger partial charge < -0.3 is 10.4 Å². The molecule has 1 aromatic rings. The molecule has 76 valence electrons. The Morgan fingerprint density at radius 2 is 1.86 bits per heavy atom. The molecule has 0 spiro atoms. The Bertz CT molecular complexity index is 273. The number of hydrogen-bond donors (Lipinski definition) is 2. The molecular formula is C12H17NO. The van der Waals surface area contributed by atoms with E-state index in [0.29, 0.717) is 18.4 Å². The highest BCUT2D eigenvalue weighted by molar-refractivity contribution is 5.15. The number of nitrogens with one attached hydrogen (secondary N) is 1. The second-order valence-electron chi connectivity index (χ2n) is 4.05. The fourth-order valence-electron chi connectivity index (χ4n) is 2.16. The van der Waals surface area contributed by atoms with Crippen LogP contribution in [-0.4, -0.2) is 24.8 Å². The van der Waals surface area contributed by atoms with Crippen LogP contribution in [0, 0.1) is 11.8 Å². The number of aliphatic hydroxyl groups excluding tert-OH is 1. The number of rotatable bonds is 3. The van der Waals surface area contributed by atoms with Crippen LogP contribution < -0.4 is 5.32 Å². The zero-order valence-electron chi connectivity index (χ0n) is 8.32. The van der Waals surface area contributed by atoms with Crippen molar-refractivity contribution in [3.05, 3.63) is 35.9 Å². The minimum absolute atomic E-state index is 0.310. The molecule has 0 saturated carbocycles. The van der Waals surface area contributed by atoms with Crippen LogP contribution in [0.5, 0.6) is 0 Å². The van der Waals surface area contributed by atoms with E-state index in [0.717, 1.165) is 19.5 Å². The summed E-state index contributed by atoms with van der Waals surface area (Å²) in [5, 5.41) is 12.5. The summed E-state index contributed by atoms with van der Waals surface area (Å²) in [6.45, 7) is 2.32. The molecule has 2 nitrogen and oxygen atoms in total. The highest BCUT2D eigenvalue weighted by Crippen LogP contribution is 2.20. The van der Waals surface area contributed by atoms with Crippen LogP contribution >= 0.6 is 0 Å². The lowest BCUT2D eigenvalue weighted by atomic mass is 9.90. The van der Waals surface area contributed by atoms with Crippen LogP contribution in [0.3, 0.4) is 0 Å². The van der Waals surface area contributed by atoms with Crippen molar-refractivity contribution in [3.8, 4) is 0 Å². The topological polar surface area (TPSA) is 32.3 Å². The van der Waals surface area contributed by atoms with Crippen LogP contribution in [-0.2, 0) is 6.42 Å². The van der Waals surface area contributed by atoms with Crippen molar-refractivity contribution < 1.29 is 5.11 Å². The van der Waals surface area contributed by atoms with Gasteiger partial charge in [-0.2, -0.15) is 0 Å². The van der Waals surface area contributed by atoms with Gasteiger partial charge in [0, 0.05) is 13.2 Å². The van der Waals surface area contributed by atoms with Crippen molar-refractivity contribution in [1.82, 2.24) is 5.32 Å². The van der Waals surface area contributed by atoms with Crippen molar-refractivity contribution >= 4 is 0 Å². The molecule has 2 rings (SSSR count). The van der Waals surface area contributed by atoms with Gasteiger partial charge in [0.25, 0.3) is 0 Å². The molecule has 0 radical (unpaired) electrons. The third kappa shape index (κ3) is 2.14. The SMILES string of the molecule is OC[C@@H]1CNC[C@H]1Cc1ccccc1. The van der Waals surface area contributed by atoms with Crippen LogP contribution in [0.2, 0.25) is 0 Å². The Balaban J connectivity index is 1.97. The Morgan fingerprint density at radius 3 is 2.57 bits per heavy atom. The lowest BCUT2D eigenvalue weighted by Crippen LogP contribution is -2.18. The molecule has 1 fully saturated rings.